The number of nitrogens with one attached hydrogen (secondary N) is 2. The van der Waals surface area contributed by atoms with Gasteiger partial charge in [0.1, 0.15) is 6.04 Å². The number of carbonyl (C=O) groups excluding carboxylic acids is 2. The zero-order valence-corrected chi connectivity index (χ0v) is 17.8. The summed E-state index contributed by atoms with van der Waals surface area (Å²) in [6.07, 6.45) is 5.96. The zero-order valence-electron chi connectivity index (χ0n) is 17.8. The maximum atomic E-state index is 12.6. The number of amides is 2. The molecule has 1 fully saturated rings. The number of carbonyl (C=O) groups is 2. The molecule has 160 valence electrons. The fourth-order valence-electron chi connectivity index (χ4n) is 4.01. The van der Waals surface area contributed by atoms with Gasteiger partial charge in [-0.15, -0.1) is 0 Å². The Balaban J connectivity index is 1.47. The summed E-state index contributed by atoms with van der Waals surface area (Å²) in [5.74, 6) is -0.163. The number of hydrogen-bond donors (Lipinski definition) is 2. The third-order valence-electron chi connectivity index (χ3n) is 5.79. The van der Waals surface area contributed by atoms with Gasteiger partial charge in [-0.1, -0.05) is 61.4 Å². The smallest absolute Gasteiger partial charge is 0.242 e. The van der Waals surface area contributed by atoms with Crippen molar-refractivity contribution in [1.82, 2.24) is 20.4 Å². The van der Waals surface area contributed by atoms with Gasteiger partial charge in [0.15, 0.2) is 0 Å². The van der Waals surface area contributed by atoms with Crippen LogP contribution >= 0.6 is 0 Å². The second-order valence-electron chi connectivity index (χ2n) is 8.08. The number of hydrogen-bond acceptors (Lipinski definition) is 3. The topological polar surface area (TPSA) is 76.0 Å². The Hall–Kier alpha value is -3.41. The summed E-state index contributed by atoms with van der Waals surface area (Å²) in [7, 11) is 0. The SMILES string of the molecule is C[C@@H](NC(=O)C1CCCC1)C(=O)NCc1cn(-c2ccccc2)nc1-c1ccccc1. The van der Waals surface area contributed by atoms with Crippen molar-refractivity contribution in [3.63, 3.8) is 0 Å². The lowest BCUT2D eigenvalue weighted by Gasteiger charge is -2.16. The lowest BCUT2D eigenvalue weighted by molar-refractivity contribution is -0.130. The van der Waals surface area contributed by atoms with Crippen LogP contribution in [0, 0.1) is 5.92 Å². The molecule has 2 N–H and O–H groups in total. The molecule has 0 spiro atoms. The van der Waals surface area contributed by atoms with E-state index in [0.29, 0.717) is 6.54 Å². The van der Waals surface area contributed by atoms with Crippen molar-refractivity contribution in [3.05, 3.63) is 72.4 Å². The van der Waals surface area contributed by atoms with Crippen LogP contribution in [-0.4, -0.2) is 27.6 Å². The van der Waals surface area contributed by atoms with Gasteiger partial charge in [-0.05, 0) is 31.9 Å². The van der Waals surface area contributed by atoms with Crippen LogP contribution in [0.15, 0.2) is 66.9 Å². The molecule has 0 saturated heterocycles. The summed E-state index contributed by atoms with van der Waals surface area (Å²) in [5, 5.41) is 10.6. The first-order valence-electron chi connectivity index (χ1n) is 10.9. The fourth-order valence-corrected chi connectivity index (χ4v) is 4.01. The largest absolute Gasteiger partial charge is 0.350 e. The summed E-state index contributed by atoms with van der Waals surface area (Å²) in [4.78, 5) is 25.0. The maximum absolute atomic E-state index is 12.6. The molecule has 31 heavy (non-hydrogen) atoms. The molecule has 3 aromatic rings. The van der Waals surface area contributed by atoms with Gasteiger partial charge < -0.3 is 10.6 Å². The Morgan fingerprint density at radius 3 is 2.35 bits per heavy atom. The van der Waals surface area contributed by atoms with E-state index in [1.807, 2.05) is 71.5 Å². The summed E-state index contributed by atoms with van der Waals surface area (Å²) < 4.78 is 1.83. The molecule has 4 rings (SSSR count). The number of para-hydroxylation sites is 1. The number of aromatic nitrogens is 2. The standard InChI is InChI=1S/C25H28N4O2/c1-18(27-25(31)20-12-8-9-13-20)24(30)26-16-21-17-29(22-14-6-3-7-15-22)28-23(21)19-10-4-2-5-11-19/h2-7,10-11,14-15,17-18,20H,8-9,12-13,16H2,1H3,(H,26,30)(H,27,31)/t18-/m1/s1. The molecule has 2 aromatic carbocycles. The minimum atomic E-state index is -0.572. The van der Waals surface area contributed by atoms with Gasteiger partial charge in [-0.2, -0.15) is 5.10 Å². The van der Waals surface area contributed by atoms with E-state index in [4.69, 9.17) is 5.10 Å². The van der Waals surface area contributed by atoms with Crippen molar-refractivity contribution >= 4 is 11.8 Å². The number of nitrogens with zero attached hydrogens (tertiary/aromatic N) is 2. The molecular weight excluding hydrogens is 388 g/mol. The molecule has 1 aromatic heterocycles. The molecule has 0 radical (unpaired) electrons. The summed E-state index contributed by atoms with van der Waals surface area (Å²) in [5.41, 5.74) is 3.68. The van der Waals surface area contributed by atoms with E-state index < -0.39 is 6.04 Å². The van der Waals surface area contributed by atoms with Crippen molar-refractivity contribution in [1.29, 1.82) is 0 Å². The zero-order chi connectivity index (χ0) is 21.6. The lowest BCUT2D eigenvalue weighted by Crippen LogP contribution is -2.46. The van der Waals surface area contributed by atoms with Crippen molar-refractivity contribution in [3.8, 4) is 16.9 Å². The van der Waals surface area contributed by atoms with Gasteiger partial charge in [0.2, 0.25) is 11.8 Å². The molecule has 0 bridgehead atoms. The van der Waals surface area contributed by atoms with Crippen LogP contribution in [0.5, 0.6) is 0 Å². The predicted octanol–water partition coefficient (Wildman–Crippen LogP) is 3.85. The highest BCUT2D eigenvalue weighted by atomic mass is 16.2. The first-order valence-corrected chi connectivity index (χ1v) is 10.9. The predicted molar refractivity (Wildman–Crippen MR) is 120 cm³/mol. The second kappa shape index (κ2) is 9.60. The molecule has 0 unspecified atom stereocenters. The van der Waals surface area contributed by atoms with Crippen molar-refractivity contribution in [2.45, 2.75) is 45.2 Å². The molecule has 0 aliphatic heterocycles. The molecule has 6 nitrogen and oxygen atoms in total. The first-order chi connectivity index (χ1) is 15.1. The van der Waals surface area contributed by atoms with Crippen LogP contribution in [0.2, 0.25) is 0 Å². The van der Waals surface area contributed by atoms with Crippen LogP contribution in [0.25, 0.3) is 16.9 Å². The Morgan fingerprint density at radius 1 is 1.03 bits per heavy atom. The van der Waals surface area contributed by atoms with Crippen LogP contribution in [0.1, 0.15) is 38.2 Å². The van der Waals surface area contributed by atoms with Crippen LogP contribution in [0.4, 0.5) is 0 Å². The van der Waals surface area contributed by atoms with Crippen molar-refractivity contribution in [2.24, 2.45) is 5.92 Å². The Labute approximate surface area is 182 Å². The van der Waals surface area contributed by atoms with Gasteiger partial charge in [-0.3, -0.25) is 9.59 Å². The molecule has 2 amide bonds. The van der Waals surface area contributed by atoms with Crippen LogP contribution < -0.4 is 10.6 Å². The van der Waals surface area contributed by atoms with E-state index in [9.17, 15) is 9.59 Å². The number of benzene rings is 2. The molecular formula is C25H28N4O2. The molecule has 1 atom stereocenters. The highest BCUT2D eigenvalue weighted by molar-refractivity contribution is 5.88. The lowest BCUT2D eigenvalue weighted by atomic mass is 10.1. The summed E-state index contributed by atoms with van der Waals surface area (Å²) in [6, 6.07) is 19.2. The van der Waals surface area contributed by atoms with Gasteiger partial charge in [0, 0.05) is 29.8 Å². The third-order valence-corrected chi connectivity index (χ3v) is 5.79. The minimum Gasteiger partial charge on any atom is -0.350 e. The van der Waals surface area contributed by atoms with E-state index in [1.165, 1.54) is 0 Å². The van der Waals surface area contributed by atoms with Gasteiger partial charge >= 0.3 is 0 Å². The summed E-state index contributed by atoms with van der Waals surface area (Å²) >= 11 is 0. The van der Waals surface area contributed by atoms with Crippen molar-refractivity contribution < 1.29 is 9.59 Å². The molecule has 1 heterocycles. The highest BCUT2D eigenvalue weighted by Gasteiger charge is 2.25. The van der Waals surface area contributed by atoms with Gasteiger partial charge in [-0.25, -0.2) is 4.68 Å². The van der Waals surface area contributed by atoms with E-state index in [0.717, 1.165) is 48.2 Å². The normalized spacial score (nSPS) is 14.9. The van der Waals surface area contributed by atoms with Gasteiger partial charge in [0.25, 0.3) is 0 Å². The van der Waals surface area contributed by atoms with E-state index in [-0.39, 0.29) is 17.7 Å². The minimum absolute atomic E-state index is 0.0120. The highest BCUT2D eigenvalue weighted by Crippen LogP contribution is 2.25. The average Bonchev–Trinajstić information content (AvgIpc) is 3.49. The van der Waals surface area contributed by atoms with Gasteiger partial charge in [0.05, 0.1) is 11.4 Å². The van der Waals surface area contributed by atoms with Crippen LogP contribution in [-0.2, 0) is 16.1 Å². The second-order valence-corrected chi connectivity index (χ2v) is 8.08. The van der Waals surface area contributed by atoms with E-state index in [1.54, 1.807) is 6.92 Å². The Bertz CT molecular complexity index is 1020. The first kappa shape index (κ1) is 20.8. The fraction of sp³-hybridized carbons (Fsp3) is 0.320. The molecule has 1 aliphatic carbocycles. The van der Waals surface area contributed by atoms with E-state index in [2.05, 4.69) is 10.6 Å². The average molecular weight is 417 g/mol. The molecule has 1 saturated carbocycles. The van der Waals surface area contributed by atoms with Crippen molar-refractivity contribution in [2.75, 3.05) is 0 Å². The monoisotopic (exact) mass is 416 g/mol. The quantitative estimate of drug-likeness (QED) is 0.614. The maximum Gasteiger partial charge on any atom is 0.242 e. The van der Waals surface area contributed by atoms with E-state index >= 15 is 0 Å². The third kappa shape index (κ3) is 5.02. The number of rotatable bonds is 7. The Morgan fingerprint density at radius 2 is 1.68 bits per heavy atom. The van der Waals surface area contributed by atoms with Crippen LogP contribution in [0.3, 0.4) is 0 Å². The Kier molecular flexibility index (Phi) is 6.46. The molecule has 6 heteroatoms. The molecule has 1 aliphatic rings. The summed E-state index contributed by atoms with van der Waals surface area (Å²) in [6.45, 7) is 2.06.